The molecule has 5 nitrogen and oxygen atoms in total. The van der Waals surface area contributed by atoms with Crippen molar-refractivity contribution in [3.63, 3.8) is 0 Å². The highest BCUT2D eigenvalue weighted by atomic mass is 16.3. The molecule has 2 amide bonds. The predicted octanol–water partition coefficient (Wildman–Crippen LogP) is 2.26. The van der Waals surface area contributed by atoms with Gasteiger partial charge in [-0.1, -0.05) is 43.7 Å². The van der Waals surface area contributed by atoms with Crippen LogP contribution in [0.1, 0.15) is 51.2 Å². The second kappa shape index (κ2) is 8.83. The van der Waals surface area contributed by atoms with Gasteiger partial charge in [-0.3, -0.25) is 9.59 Å². The van der Waals surface area contributed by atoms with Crippen LogP contribution >= 0.6 is 0 Å². The Bertz CT molecular complexity index is 547. The van der Waals surface area contributed by atoms with Crippen molar-refractivity contribution in [1.29, 1.82) is 0 Å². The number of hydrogen-bond acceptors (Lipinski definition) is 3. The lowest BCUT2D eigenvalue weighted by Gasteiger charge is -2.38. The highest BCUT2D eigenvalue weighted by Gasteiger charge is 2.35. The van der Waals surface area contributed by atoms with Gasteiger partial charge in [0.1, 0.15) is 0 Å². The highest BCUT2D eigenvalue weighted by molar-refractivity contribution is 5.84. The van der Waals surface area contributed by atoms with Crippen molar-refractivity contribution in [3.8, 4) is 0 Å². The van der Waals surface area contributed by atoms with Gasteiger partial charge in [-0.15, -0.1) is 0 Å². The standard InChI is InChI=1S/C19H28N2O3/c1-3-4-12-20-18(23)16-11-10-14(2)21(13-16)19(24)17(22)15-8-6-5-7-9-15/h5-9,14,16-17,22H,3-4,10-13H2,1-2H3,(H,20,23). The summed E-state index contributed by atoms with van der Waals surface area (Å²) < 4.78 is 0. The second-order valence-electron chi connectivity index (χ2n) is 6.57. The Kier molecular flexibility index (Phi) is 6.79. The summed E-state index contributed by atoms with van der Waals surface area (Å²) in [6, 6.07) is 8.97. The van der Waals surface area contributed by atoms with Gasteiger partial charge in [0.05, 0.1) is 5.92 Å². The molecular weight excluding hydrogens is 304 g/mol. The van der Waals surface area contributed by atoms with E-state index in [1.165, 1.54) is 0 Å². The molecule has 1 fully saturated rings. The fraction of sp³-hybridized carbons (Fsp3) is 0.579. The van der Waals surface area contributed by atoms with Gasteiger partial charge in [0, 0.05) is 19.1 Å². The van der Waals surface area contributed by atoms with Crippen molar-refractivity contribution in [2.24, 2.45) is 5.92 Å². The quantitative estimate of drug-likeness (QED) is 0.785. The van der Waals surface area contributed by atoms with E-state index in [2.05, 4.69) is 12.2 Å². The first kappa shape index (κ1) is 18.5. The van der Waals surface area contributed by atoms with Gasteiger partial charge in [-0.05, 0) is 31.7 Å². The molecule has 3 atom stereocenters. The van der Waals surface area contributed by atoms with E-state index in [0.29, 0.717) is 18.7 Å². The normalized spacial score (nSPS) is 22.0. The zero-order chi connectivity index (χ0) is 17.5. The van der Waals surface area contributed by atoms with E-state index in [4.69, 9.17) is 0 Å². The SMILES string of the molecule is CCCCNC(=O)C1CCC(C)N(C(=O)C(O)c2ccccc2)C1. The van der Waals surface area contributed by atoms with Crippen molar-refractivity contribution >= 4 is 11.8 Å². The predicted molar refractivity (Wildman–Crippen MR) is 93.2 cm³/mol. The largest absolute Gasteiger partial charge is 0.378 e. The summed E-state index contributed by atoms with van der Waals surface area (Å²) in [6.07, 6.45) is 2.39. The van der Waals surface area contributed by atoms with Crippen LogP contribution in [0.25, 0.3) is 0 Å². The molecule has 0 saturated carbocycles. The number of rotatable bonds is 6. The third-order valence-electron chi connectivity index (χ3n) is 4.71. The van der Waals surface area contributed by atoms with E-state index in [9.17, 15) is 14.7 Å². The number of piperidine rings is 1. The number of benzene rings is 1. The molecule has 0 radical (unpaired) electrons. The molecular formula is C19H28N2O3. The first-order valence-corrected chi connectivity index (χ1v) is 8.85. The van der Waals surface area contributed by atoms with E-state index in [0.717, 1.165) is 25.7 Å². The number of unbranched alkanes of at least 4 members (excludes halogenated alkanes) is 1. The average Bonchev–Trinajstić information content (AvgIpc) is 2.61. The molecule has 24 heavy (non-hydrogen) atoms. The summed E-state index contributed by atoms with van der Waals surface area (Å²) in [5.74, 6) is -0.493. The molecule has 2 N–H and O–H groups in total. The van der Waals surface area contributed by atoms with E-state index in [1.54, 1.807) is 29.2 Å². The Labute approximate surface area is 144 Å². The van der Waals surface area contributed by atoms with Gasteiger partial charge >= 0.3 is 0 Å². The lowest BCUT2D eigenvalue weighted by molar-refractivity contribution is -0.146. The summed E-state index contributed by atoms with van der Waals surface area (Å²) in [6.45, 7) is 5.12. The molecule has 0 spiro atoms. The maximum absolute atomic E-state index is 12.7. The van der Waals surface area contributed by atoms with Crippen LogP contribution in [0.4, 0.5) is 0 Å². The van der Waals surface area contributed by atoms with Crippen molar-refractivity contribution in [2.75, 3.05) is 13.1 Å². The van der Waals surface area contributed by atoms with E-state index in [-0.39, 0.29) is 23.8 Å². The number of aliphatic hydroxyl groups is 1. The Balaban J connectivity index is 2.00. The summed E-state index contributed by atoms with van der Waals surface area (Å²) in [5.41, 5.74) is 0.587. The maximum Gasteiger partial charge on any atom is 0.256 e. The molecule has 0 aromatic heterocycles. The van der Waals surface area contributed by atoms with E-state index >= 15 is 0 Å². The number of amides is 2. The summed E-state index contributed by atoms with van der Waals surface area (Å²) in [4.78, 5) is 26.6. The van der Waals surface area contributed by atoms with E-state index < -0.39 is 6.10 Å². The Morgan fingerprint density at radius 2 is 2.00 bits per heavy atom. The number of carbonyl (C=O) groups is 2. The van der Waals surface area contributed by atoms with E-state index in [1.807, 2.05) is 13.0 Å². The van der Waals surface area contributed by atoms with Crippen LogP contribution in [0.3, 0.4) is 0 Å². The van der Waals surface area contributed by atoms with Crippen molar-refractivity contribution in [1.82, 2.24) is 10.2 Å². The number of hydrogen-bond donors (Lipinski definition) is 2. The molecule has 1 aliphatic heterocycles. The summed E-state index contributed by atoms with van der Waals surface area (Å²) >= 11 is 0. The Morgan fingerprint density at radius 3 is 2.67 bits per heavy atom. The molecule has 1 aromatic rings. The minimum atomic E-state index is -1.17. The second-order valence-corrected chi connectivity index (χ2v) is 6.57. The van der Waals surface area contributed by atoms with Crippen LogP contribution < -0.4 is 5.32 Å². The summed E-state index contributed by atoms with van der Waals surface area (Å²) in [7, 11) is 0. The average molecular weight is 332 g/mol. The topological polar surface area (TPSA) is 69.6 Å². The molecule has 5 heteroatoms. The van der Waals surface area contributed by atoms with Crippen LogP contribution in [0.2, 0.25) is 0 Å². The van der Waals surface area contributed by atoms with Crippen LogP contribution in [0.15, 0.2) is 30.3 Å². The smallest absolute Gasteiger partial charge is 0.256 e. The molecule has 132 valence electrons. The van der Waals surface area contributed by atoms with Crippen LogP contribution in [0.5, 0.6) is 0 Å². The molecule has 1 aromatic carbocycles. The van der Waals surface area contributed by atoms with Crippen molar-refractivity contribution in [2.45, 2.75) is 51.7 Å². The first-order valence-electron chi connectivity index (χ1n) is 8.85. The molecule has 0 bridgehead atoms. The molecule has 2 rings (SSSR count). The number of aliphatic hydroxyl groups excluding tert-OH is 1. The minimum absolute atomic E-state index is 0.0161. The van der Waals surface area contributed by atoms with Crippen molar-refractivity contribution < 1.29 is 14.7 Å². The molecule has 3 unspecified atom stereocenters. The summed E-state index contributed by atoms with van der Waals surface area (Å²) in [5, 5.41) is 13.3. The van der Waals surface area contributed by atoms with Crippen LogP contribution in [0, 0.1) is 5.92 Å². The van der Waals surface area contributed by atoms with Gasteiger partial charge in [-0.2, -0.15) is 0 Å². The van der Waals surface area contributed by atoms with Crippen molar-refractivity contribution in [3.05, 3.63) is 35.9 Å². The number of nitrogens with zero attached hydrogens (tertiary/aromatic N) is 1. The lowest BCUT2D eigenvalue weighted by atomic mass is 9.91. The zero-order valence-electron chi connectivity index (χ0n) is 14.6. The van der Waals surface area contributed by atoms with Gasteiger partial charge < -0.3 is 15.3 Å². The third-order valence-corrected chi connectivity index (χ3v) is 4.71. The molecule has 0 aliphatic carbocycles. The van der Waals surface area contributed by atoms with Crippen LogP contribution in [-0.2, 0) is 9.59 Å². The zero-order valence-corrected chi connectivity index (χ0v) is 14.6. The first-order chi connectivity index (χ1) is 11.5. The van der Waals surface area contributed by atoms with Gasteiger partial charge in [-0.25, -0.2) is 0 Å². The Morgan fingerprint density at radius 1 is 1.29 bits per heavy atom. The van der Waals surface area contributed by atoms with Gasteiger partial charge in [0.2, 0.25) is 5.91 Å². The van der Waals surface area contributed by atoms with Crippen LogP contribution in [-0.4, -0.2) is 41.0 Å². The molecule has 1 saturated heterocycles. The van der Waals surface area contributed by atoms with Gasteiger partial charge in [0.25, 0.3) is 5.91 Å². The fourth-order valence-electron chi connectivity index (χ4n) is 3.10. The molecule has 1 aliphatic rings. The monoisotopic (exact) mass is 332 g/mol. The van der Waals surface area contributed by atoms with Gasteiger partial charge in [0.15, 0.2) is 6.10 Å². The number of likely N-dealkylation sites (tertiary alicyclic amines) is 1. The maximum atomic E-state index is 12.7. The minimum Gasteiger partial charge on any atom is -0.378 e. The third kappa shape index (κ3) is 4.57. The number of carbonyl (C=O) groups excluding carboxylic acids is 2. The molecule has 1 heterocycles. The Hall–Kier alpha value is -1.88. The lowest BCUT2D eigenvalue weighted by Crippen LogP contribution is -2.50. The fourth-order valence-corrected chi connectivity index (χ4v) is 3.10. The highest BCUT2D eigenvalue weighted by Crippen LogP contribution is 2.26. The number of nitrogens with one attached hydrogen (secondary N) is 1.